The lowest BCUT2D eigenvalue weighted by molar-refractivity contribution is 0.0891. The van der Waals surface area contributed by atoms with Crippen LogP contribution in [-0.2, 0) is 0 Å². The van der Waals surface area contributed by atoms with Crippen molar-refractivity contribution in [3.05, 3.63) is 34.0 Å². The fourth-order valence-corrected chi connectivity index (χ4v) is 3.33. The highest BCUT2D eigenvalue weighted by molar-refractivity contribution is 9.10. The van der Waals surface area contributed by atoms with Gasteiger partial charge in [-0.25, -0.2) is 0 Å². The first-order valence-corrected chi connectivity index (χ1v) is 8.00. The fourth-order valence-electron chi connectivity index (χ4n) is 2.97. The molecule has 2 aromatic rings. The van der Waals surface area contributed by atoms with Crippen LogP contribution in [0.3, 0.4) is 0 Å². The molecule has 1 amide bonds. The Hall–Kier alpha value is -1.33. The Morgan fingerprint density at radius 1 is 1.48 bits per heavy atom. The lowest BCUT2D eigenvalue weighted by Crippen LogP contribution is -2.32. The summed E-state index contributed by atoms with van der Waals surface area (Å²) in [6.07, 6.45) is 2.53. The molecule has 1 saturated carbocycles. The molecule has 0 bridgehead atoms. The van der Waals surface area contributed by atoms with E-state index in [-0.39, 0.29) is 17.9 Å². The van der Waals surface area contributed by atoms with E-state index in [1.54, 1.807) is 0 Å². The van der Waals surface area contributed by atoms with E-state index < -0.39 is 0 Å². The number of amides is 1. The molecule has 1 heterocycles. The highest BCUT2D eigenvalue weighted by Crippen LogP contribution is 2.28. The van der Waals surface area contributed by atoms with Gasteiger partial charge in [0.25, 0.3) is 5.91 Å². The molecule has 4 nitrogen and oxygen atoms in total. The smallest absolute Gasteiger partial charge is 0.287 e. The standard InChI is InChI=1S/C16H18BrNO3/c1-9-12-7-11(17)5-6-14(12)21-15(9)16(20)18-8-10-3-2-4-13(10)19/h5-7,10,13,19H,2-4,8H2,1H3,(H,18,20). The average Bonchev–Trinajstić information content (AvgIpc) is 3.01. The maximum Gasteiger partial charge on any atom is 0.287 e. The number of furan rings is 1. The lowest BCUT2D eigenvalue weighted by atomic mass is 10.1. The molecule has 0 radical (unpaired) electrons. The van der Waals surface area contributed by atoms with E-state index in [9.17, 15) is 9.90 Å². The zero-order valence-electron chi connectivity index (χ0n) is 11.9. The molecule has 1 aromatic carbocycles. The van der Waals surface area contributed by atoms with Gasteiger partial charge < -0.3 is 14.8 Å². The Morgan fingerprint density at radius 3 is 3.00 bits per heavy atom. The fraction of sp³-hybridized carbons (Fsp3) is 0.438. The predicted octanol–water partition coefficient (Wildman–Crippen LogP) is 3.39. The number of carbonyl (C=O) groups excluding carboxylic acids is 1. The predicted molar refractivity (Wildman–Crippen MR) is 84.3 cm³/mol. The van der Waals surface area contributed by atoms with Gasteiger partial charge in [0.15, 0.2) is 5.76 Å². The number of aryl methyl sites for hydroxylation is 1. The second-order valence-electron chi connectivity index (χ2n) is 5.67. The molecule has 1 aromatic heterocycles. The first-order valence-electron chi connectivity index (χ1n) is 7.21. The monoisotopic (exact) mass is 351 g/mol. The number of nitrogens with one attached hydrogen (secondary N) is 1. The summed E-state index contributed by atoms with van der Waals surface area (Å²) < 4.78 is 6.62. The van der Waals surface area contributed by atoms with Crippen molar-refractivity contribution in [3.63, 3.8) is 0 Å². The summed E-state index contributed by atoms with van der Waals surface area (Å²) in [6, 6.07) is 5.69. The van der Waals surface area contributed by atoms with Gasteiger partial charge in [-0.2, -0.15) is 0 Å². The van der Waals surface area contributed by atoms with Gasteiger partial charge in [0.2, 0.25) is 0 Å². The van der Waals surface area contributed by atoms with E-state index in [1.807, 2.05) is 25.1 Å². The van der Waals surface area contributed by atoms with E-state index in [0.717, 1.165) is 34.7 Å². The van der Waals surface area contributed by atoms with Gasteiger partial charge in [-0.15, -0.1) is 0 Å². The molecule has 5 heteroatoms. The Bertz CT molecular complexity index is 679. The maximum atomic E-state index is 12.3. The number of aliphatic hydroxyl groups is 1. The topological polar surface area (TPSA) is 62.5 Å². The highest BCUT2D eigenvalue weighted by Gasteiger charge is 2.26. The minimum atomic E-state index is -0.293. The number of hydrogen-bond acceptors (Lipinski definition) is 3. The molecule has 2 N–H and O–H groups in total. The SMILES string of the molecule is Cc1c(C(=O)NCC2CCCC2O)oc2ccc(Br)cc12. The molecular weight excluding hydrogens is 334 g/mol. The molecule has 2 unspecified atom stereocenters. The maximum absolute atomic E-state index is 12.3. The van der Waals surface area contributed by atoms with Crippen LogP contribution in [0.1, 0.15) is 35.4 Å². The van der Waals surface area contributed by atoms with E-state index >= 15 is 0 Å². The van der Waals surface area contributed by atoms with Crippen LogP contribution in [-0.4, -0.2) is 23.7 Å². The van der Waals surface area contributed by atoms with Crippen molar-refractivity contribution >= 4 is 32.8 Å². The van der Waals surface area contributed by atoms with Gasteiger partial charge in [-0.1, -0.05) is 22.4 Å². The molecule has 0 saturated heterocycles. The van der Waals surface area contributed by atoms with Crippen molar-refractivity contribution in [1.82, 2.24) is 5.32 Å². The molecule has 3 rings (SSSR count). The van der Waals surface area contributed by atoms with Crippen molar-refractivity contribution in [3.8, 4) is 0 Å². The summed E-state index contributed by atoms with van der Waals surface area (Å²) in [5, 5.41) is 13.6. The van der Waals surface area contributed by atoms with Crippen LogP contribution in [0.5, 0.6) is 0 Å². The van der Waals surface area contributed by atoms with Crippen molar-refractivity contribution < 1.29 is 14.3 Å². The molecule has 112 valence electrons. The number of benzene rings is 1. The van der Waals surface area contributed by atoms with Crippen LogP contribution in [0.25, 0.3) is 11.0 Å². The molecule has 0 aliphatic heterocycles. The van der Waals surface area contributed by atoms with Crippen LogP contribution in [0, 0.1) is 12.8 Å². The molecular formula is C16H18BrNO3. The number of fused-ring (bicyclic) bond motifs is 1. The zero-order chi connectivity index (χ0) is 15.0. The Balaban J connectivity index is 1.76. The summed E-state index contributed by atoms with van der Waals surface area (Å²) in [6.45, 7) is 2.39. The van der Waals surface area contributed by atoms with Crippen molar-refractivity contribution in [1.29, 1.82) is 0 Å². The van der Waals surface area contributed by atoms with E-state index in [0.29, 0.717) is 17.9 Å². The van der Waals surface area contributed by atoms with Gasteiger partial charge in [-0.05, 0) is 38.0 Å². The summed E-state index contributed by atoms with van der Waals surface area (Å²) in [4.78, 5) is 12.3. The van der Waals surface area contributed by atoms with Gasteiger partial charge in [-0.3, -0.25) is 4.79 Å². The summed E-state index contributed by atoms with van der Waals surface area (Å²) in [7, 11) is 0. The Morgan fingerprint density at radius 2 is 2.29 bits per heavy atom. The number of carbonyl (C=O) groups is 1. The lowest BCUT2D eigenvalue weighted by Gasteiger charge is -2.14. The third-order valence-corrected chi connectivity index (χ3v) is 4.74. The molecule has 2 atom stereocenters. The van der Waals surface area contributed by atoms with Crippen LogP contribution < -0.4 is 5.32 Å². The Kier molecular flexibility index (Phi) is 4.04. The van der Waals surface area contributed by atoms with Crippen LogP contribution in [0.4, 0.5) is 0 Å². The molecule has 21 heavy (non-hydrogen) atoms. The van der Waals surface area contributed by atoms with E-state index in [2.05, 4.69) is 21.2 Å². The molecule has 1 aliphatic rings. The third kappa shape index (κ3) is 2.85. The second kappa shape index (κ2) is 5.81. The highest BCUT2D eigenvalue weighted by atomic mass is 79.9. The average molecular weight is 352 g/mol. The van der Waals surface area contributed by atoms with Gasteiger partial charge >= 0.3 is 0 Å². The van der Waals surface area contributed by atoms with Crippen molar-refractivity contribution in [2.24, 2.45) is 5.92 Å². The van der Waals surface area contributed by atoms with E-state index in [1.165, 1.54) is 0 Å². The summed E-state index contributed by atoms with van der Waals surface area (Å²) in [5.74, 6) is 0.308. The largest absolute Gasteiger partial charge is 0.451 e. The van der Waals surface area contributed by atoms with Crippen LogP contribution >= 0.6 is 15.9 Å². The molecule has 1 fully saturated rings. The summed E-state index contributed by atoms with van der Waals surface area (Å²) >= 11 is 3.42. The van der Waals surface area contributed by atoms with Gasteiger partial charge in [0, 0.05) is 27.9 Å². The van der Waals surface area contributed by atoms with E-state index in [4.69, 9.17) is 4.42 Å². The number of aliphatic hydroxyl groups excluding tert-OH is 1. The number of rotatable bonds is 3. The van der Waals surface area contributed by atoms with Gasteiger partial charge in [0.05, 0.1) is 6.10 Å². The number of halogens is 1. The van der Waals surface area contributed by atoms with Crippen LogP contribution in [0.15, 0.2) is 27.1 Å². The van der Waals surface area contributed by atoms with Crippen molar-refractivity contribution in [2.45, 2.75) is 32.3 Å². The van der Waals surface area contributed by atoms with Crippen LogP contribution in [0.2, 0.25) is 0 Å². The molecule has 1 aliphatic carbocycles. The third-order valence-electron chi connectivity index (χ3n) is 4.25. The zero-order valence-corrected chi connectivity index (χ0v) is 13.4. The first kappa shape index (κ1) is 14.6. The van der Waals surface area contributed by atoms with Crippen molar-refractivity contribution in [2.75, 3.05) is 6.54 Å². The first-order chi connectivity index (χ1) is 10.1. The minimum absolute atomic E-state index is 0.160. The summed E-state index contributed by atoms with van der Waals surface area (Å²) in [5.41, 5.74) is 1.55. The quantitative estimate of drug-likeness (QED) is 0.890. The van der Waals surface area contributed by atoms with Gasteiger partial charge in [0.1, 0.15) is 5.58 Å². The molecule has 0 spiro atoms. The normalized spacial score (nSPS) is 21.9. The second-order valence-corrected chi connectivity index (χ2v) is 6.58. The Labute approximate surface area is 131 Å². The minimum Gasteiger partial charge on any atom is -0.451 e. The number of hydrogen-bond donors (Lipinski definition) is 2.